The summed E-state index contributed by atoms with van der Waals surface area (Å²) in [7, 11) is 0. The lowest BCUT2D eigenvalue weighted by Crippen LogP contribution is -2.24. The van der Waals surface area contributed by atoms with Crippen molar-refractivity contribution in [2.24, 2.45) is 5.92 Å². The van der Waals surface area contributed by atoms with Crippen molar-refractivity contribution >= 4 is 17.3 Å². The smallest absolute Gasteiger partial charge is 0.221 e. The molecular formula is C17H26N2O2. The monoisotopic (exact) mass is 290 g/mol. The van der Waals surface area contributed by atoms with Crippen molar-refractivity contribution in [3.8, 4) is 0 Å². The first kappa shape index (κ1) is 15.8. The minimum Gasteiger partial charge on any atom is -0.382 e. The lowest BCUT2D eigenvalue weighted by Gasteiger charge is -2.26. The van der Waals surface area contributed by atoms with Crippen molar-refractivity contribution in [2.75, 3.05) is 23.8 Å². The summed E-state index contributed by atoms with van der Waals surface area (Å²) in [5, 5.41) is 6.41. The molecule has 1 fully saturated rings. The molecule has 4 heteroatoms. The molecule has 0 spiro atoms. The Morgan fingerprint density at radius 1 is 1.38 bits per heavy atom. The molecule has 1 atom stereocenters. The first-order chi connectivity index (χ1) is 10.0. The Hall–Kier alpha value is -1.55. The molecule has 1 aliphatic heterocycles. The van der Waals surface area contributed by atoms with E-state index in [-0.39, 0.29) is 5.91 Å². The molecule has 21 heavy (non-hydrogen) atoms. The van der Waals surface area contributed by atoms with E-state index in [9.17, 15) is 4.79 Å². The number of rotatable bonds is 5. The van der Waals surface area contributed by atoms with Gasteiger partial charge in [0.15, 0.2) is 0 Å². The minimum atomic E-state index is -0.0416. The molecular weight excluding hydrogens is 264 g/mol. The fraction of sp³-hybridized carbons (Fsp3) is 0.588. The zero-order valence-corrected chi connectivity index (χ0v) is 13.2. The summed E-state index contributed by atoms with van der Waals surface area (Å²) in [6.07, 6.45) is 3.49. The van der Waals surface area contributed by atoms with Crippen molar-refractivity contribution in [1.82, 2.24) is 0 Å². The van der Waals surface area contributed by atoms with E-state index in [0.717, 1.165) is 49.8 Å². The SMILES string of the molecule is CC(=O)Nc1ccc(C)c(N[C@H](C)CC2CCOCC2)c1. The molecule has 0 bridgehead atoms. The van der Waals surface area contributed by atoms with Crippen LogP contribution < -0.4 is 10.6 Å². The summed E-state index contributed by atoms with van der Waals surface area (Å²) in [6, 6.07) is 6.40. The third-order valence-corrected chi connectivity index (χ3v) is 3.99. The summed E-state index contributed by atoms with van der Waals surface area (Å²) in [5.41, 5.74) is 3.14. The maximum Gasteiger partial charge on any atom is 0.221 e. The number of carbonyl (C=O) groups excluding carboxylic acids is 1. The molecule has 1 saturated heterocycles. The highest BCUT2D eigenvalue weighted by molar-refractivity contribution is 5.89. The summed E-state index contributed by atoms with van der Waals surface area (Å²) in [6.45, 7) is 7.63. The standard InChI is InChI=1S/C17H26N2O2/c1-12-4-5-16(19-14(3)20)11-17(12)18-13(2)10-15-6-8-21-9-7-15/h4-5,11,13,15,18H,6-10H2,1-3H3,(H,19,20)/t13-/m1/s1. The maximum atomic E-state index is 11.2. The van der Waals surface area contributed by atoms with Crippen LogP contribution in [0.5, 0.6) is 0 Å². The number of nitrogens with one attached hydrogen (secondary N) is 2. The van der Waals surface area contributed by atoms with Crippen molar-refractivity contribution in [2.45, 2.75) is 46.1 Å². The normalized spacial score (nSPS) is 17.3. The van der Waals surface area contributed by atoms with Crippen LogP contribution in [0.4, 0.5) is 11.4 Å². The van der Waals surface area contributed by atoms with E-state index >= 15 is 0 Å². The predicted octanol–water partition coefficient (Wildman–Crippen LogP) is 3.57. The number of ether oxygens (including phenoxy) is 1. The van der Waals surface area contributed by atoms with E-state index in [4.69, 9.17) is 4.74 Å². The number of carbonyl (C=O) groups is 1. The first-order valence-corrected chi connectivity index (χ1v) is 7.77. The molecule has 0 aliphatic carbocycles. The minimum absolute atomic E-state index is 0.0416. The number of benzene rings is 1. The van der Waals surface area contributed by atoms with Gasteiger partial charge in [-0.15, -0.1) is 0 Å². The number of aryl methyl sites for hydroxylation is 1. The Morgan fingerprint density at radius 3 is 2.76 bits per heavy atom. The third-order valence-electron chi connectivity index (χ3n) is 3.99. The molecule has 4 nitrogen and oxygen atoms in total. The van der Waals surface area contributed by atoms with E-state index in [2.05, 4.69) is 24.5 Å². The van der Waals surface area contributed by atoms with Crippen LogP contribution in [0.3, 0.4) is 0 Å². The van der Waals surface area contributed by atoms with Gasteiger partial charge in [-0.3, -0.25) is 4.79 Å². The quantitative estimate of drug-likeness (QED) is 0.871. The molecule has 1 aromatic rings. The average Bonchev–Trinajstić information content (AvgIpc) is 2.43. The van der Waals surface area contributed by atoms with Crippen LogP contribution in [0, 0.1) is 12.8 Å². The fourth-order valence-corrected chi connectivity index (χ4v) is 2.87. The zero-order chi connectivity index (χ0) is 15.2. The Bertz CT molecular complexity index is 482. The van der Waals surface area contributed by atoms with Gasteiger partial charge in [-0.2, -0.15) is 0 Å². The van der Waals surface area contributed by atoms with Gasteiger partial charge in [0.2, 0.25) is 5.91 Å². The van der Waals surface area contributed by atoms with Crippen LogP contribution in [0.15, 0.2) is 18.2 Å². The summed E-state index contributed by atoms with van der Waals surface area (Å²) in [5.74, 6) is 0.708. The Labute approximate surface area is 127 Å². The molecule has 0 aromatic heterocycles. The third kappa shape index (κ3) is 5.05. The molecule has 1 amide bonds. The molecule has 2 rings (SSSR count). The highest BCUT2D eigenvalue weighted by Gasteiger charge is 2.17. The van der Waals surface area contributed by atoms with Crippen molar-refractivity contribution in [3.63, 3.8) is 0 Å². The largest absolute Gasteiger partial charge is 0.382 e. The van der Waals surface area contributed by atoms with E-state index in [0.29, 0.717) is 6.04 Å². The van der Waals surface area contributed by atoms with Crippen LogP contribution in [0.25, 0.3) is 0 Å². The number of hydrogen-bond donors (Lipinski definition) is 2. The molecule has 0 saturated carbocycles. The second kappa shape index (κ2) is 7.46. The molecule has 1 aliphatic rings. The Kier molecular flexibility index (Phi) is 5.62. The highest BCUT2D eigenvalue weighted by Crippen LogP contribution is 2.25. The van der Waals surface area contributed by atoms with Gasteiger partial charge in [0, 0.05) is 37.6 Å². The highest BCUT2D eigenvalue weighted by atomic mass is 16.5. The number of amides is 1. The van der Waals surface area contributed by atoms with Crippen molar-refractivity contribution in [3.05, 3.63) is 23.8 Å². The molecule has 0 radical (unpaired) electrons. The van der Waals surface area contributed by atoms with E-state index in [1.165, 1.54) is 12.5 Å². The van der Waals surface area contributed by atoms with Crippen molar-refractivity contribution in [1.29, 1.82) is 0 Å². The van der Waals surface area contributed by atoms with Crippen LogP contribution in [-0.2, 0) is 9.53 Å². The van der Waals surface area contributed by atoms with Gasteiger partial charge in [-0.25, -0.2) is 0 Å². The number of anilines is 2. The Morgan fingerprint density at radius 2 is 2.10 bits per heavy atom. The van der Waals surface area contributed by atoms with Gasteiger partial charge in [0.25, 0.3) is 0 Å². The van der Waals surface area contributed by atoms with Gasteiger partial charge < -0.3 is 15.4 Å². The maximum absolute atomic E-state index is 11.2. The Balaban J connectivity index is 1.95. The molecule has 1 heterocycles. The second-order valence-electron chi connectivity index (χ2n) is 6.05. The van der Waals surface area contributed by atoms with E-state index in [1.807, 2.05) is 18.2 Å². The molecule has 0 unspecified atom stereocenters. The van der Waals surface area contributed by atoms with E-state index in [1.54, 1.807) is 0 Å². The molecule has 116 valence electrons. The van der Waals surface area contributed by atoms with E-state index < -0.39 is 0 Å². The van der Waals surface area contributed by atoms with Gasteiger partial charge in [-0.05, 0) is 56.7 Å². The predicted molar refractivity (Wildman–Crippen MR) is 86.7 cm³/mol. The lowest BCUT2D eigenvalue weighted by atomic mass is 9.93. The average molecular weight is 290 g/mol. The van der Waals surface area contributed by atoms with Crippen LogP contribution in [0.2, 0.25) is 0 Å². The van der Waals surface area contributed by atoms with Crippen LogP contribution >= 0.6 is 0 Å². The summed E-state index contributed by atoms with van der Waals surface area (Å²) < 4.78 is 5.41. The second-order valence-corrected chi connectivity index (χ2v) is 6.05. The first-order valence-electron chi connectivity index (χ1n) is 7.77. The summed E-state index contributed by atoms with van der Waals surface area (Å²) >= 11 is 0. The zero-order valence-electron chi connectivity index (χ0n) is 13.2. The lowest BCUT2D eigenvalue weighted by molar-refractivity contribution is -0.114. The molecule has 1 aromatic carbocycles. The number of hydrogen-bond acceptors (Lipinski definition) is 3. The van der Waals surface area contributed by atoms with Gasteiger partial charge in [0.05, 0.1) is 0 Å². The summed E-state index contributed by atoms with van der Waals surface area (Å²) in [4.78, 5) is 11.2. The topological polar surface area (TPSA) is 50.4 Å². The van der Waals surface area contributed by atoms with Gasteiger partial charge in [-0.1, -0.05) is 6.07 Å². The van der Waals surface area contributed by atoms with Crippen molar-refractivity contribution < 1.29 is 9.53 Å². The molecule has 2 N–H and O–H groups in total. The van der Waals surface area contributed by atoms with Crippen LogP contribution in [0.1, 0.15) is 38.7 Å². The van der Waals surface area contributed by atoms with Gasteiger partial charge in [0.1, 0.15) is 0 Å². The fourth-order valence-electron chi connectivity index (χ4n) is 2.87. The van der Waals surface area contributed by atoms with Gasteiger partial charge >= 0.3 is 0 Å². The van der Waals surface area contributed by atoms with Crippen LogP contribution in [-0.4, -0.2) is 25.2 Å².